The van der Waals surface area contributed by atoms with E-state index in [1.807, 2.05) is 18.2 Å². The molecular formula is C12H14BNO3. The van der Waals surface area contributed by atoms with Crippen LogP contribution >= 0.6 is 0 Å². The van der Waals surface area contributed by atoms with Gasteiger partial charge in [-0.05, 0) is 17.2 Å². The van der Waals surface area contributed by atoms with Gasteiger partial charge in [0.2, 0.25) is 0 Å². The molecule has 0 bridgehead atoms. The molecule has 2 aliphatic rings. The van der Waals surface area contributed by atoms with Gasteiger partial charge in [0.25, 0.3) is 0 Å². The van der Waals surface area contributed by atoms with Crippen molar-refractivity contribution in [3.8, 4) is 5.75 Å². The molecule has 0 amide bonds. The Morgan fingerprint density at radius 1 is 1.47 bits per heavy atom. The van der Waals surface area contributed by atoms with E-state index in [0.717, 1.165) is 22.3 Å². The minimum Gasteiger partial charge on any atom is -0.492 e. The second-order valence-corrected chi connectivity index (χ2v) is 4.10. The normalized spacial score (nSPS) is 21.7. The third-order valence-electron chi connectivity index (χ3n) is 3.17. The Hall–Kier alpha value is -1.30. The predicted molar refractivity (Wildman–Crippen MR) is 66.2 cm³/mol. The van der Waals surface area contributed by atoms with Gasteiger partial charge in [0.15, 0.2) is 0 Å². The first-order chi connectivity index (χ1) is 8.35. The van der Waals surface area contributed by atoms with Gasteiger partial charge >= 0.3 is 7.12 Å². The molecule has 3 rings (SSSR count). The zero-order valence-corrected chi connectivity index (χ0v) is 9.52. The maximum atomic E-state index is 5.81. The molecule has 4 nitrogen and oxygen atoms in total. The highest BCUT2D eigenvalue weighted by Gasteiger charge is 2.42. The van der Waals surface area contributed by atoms with Crippen molar-refractivity contribution in [2.75, 3.05) is 19.8 Å². The molecule has 1 aromatic carbocycles. The van der Waals surface area contributed by atoms with E-state index in [2.05, 4.69) is 6.58 Å². The minimum absolute atomic E-state index is 0.135. The van der Waals surface area contributed by atoms with Crippen LogP contribution in [-0.4, -0.2) is 26.9 Å². The second kappa shape index (κ2) is 4.18. The molecule has 88 valence electrons. The summed E-state index contributed by atoms with van der Waals surface area (Å²) in [5, 5.41) is 0. The zero-order chi connectivity index (χ0) is 11.8. The molecule has 0 fully saturated rings. The van der Waals surface area contributed by atoms with Crippen LogP contribution in [0.4, 0.5) is 0 Å². The van der Waals surface area contributed by atoms with Crippen LogP contribution in [0.25, 0.3) is 6.08 Å². The van der Waals surface area contributed by atoms with Crippen LogP contribution in [0.2, 0.25) is 0 Å². The monoisotopic (exact) mass is 231 g/mol. The third-order valence-corrected chi connectivity index (χ3v) is 3.17. The molecule has 1 aromatic rings. The van der Waals surface area contributed by atoms with E-state index in [1.165, 1.54) is 0 Å². The smallest absolute Gasteiger partial charge is 0.492 e. The number of rotatable bonds is 2. The molecule has 0 unspecified atom stereocenters. The molecule has 2 heterocycles. The van der Waals surface area contributed by atoms with Gasteiger partial charge in [-0.2, -0.15) is 0 Å². The standard InChI is InChI=1S/C12H14BNO3/c1-2-8-3-4-9-12-11(8)10(7-14)17-13(12)16-6-5-15-9/h2-4,10H,1,5-7,14H2/t10-/m1/s1. The molecule has 2 N–H and O–H groups in total. The van der Waals surface area contributed by atoms with Crippen LogP contribution < -0.4 is 15.9 Å². The number of ether oxygens (including phenoxy) is 1. The van der Waals surface area contributed by atoms with Crippen molar-refractivity contribution in [2.24, 2.45) is 5.73 Å². The van der Waals surface area contributed by atoms with Crippen molar-refractivity contribution in [3.05, 3.63) is 29.8 Å². The maximum Gasteiger partial charge on any atom is 0.498 e. The average Bonchev–Trinajstić information content (AvgIpc) is 2.61. The van der Waals surface area contributed by atoms with Gasteiger partial charge < -0.3 is 19.8 Å². The molecule has 0 saturated heterocycles. The van der Waals surface area contributed by atoms with E-state index in [9.17, 15) is 0 Å². The largest absolute Gasteiger partial charge is 0.498 e. The first-order valence-electron chi connectivity index (χ1n) is 5.74. The molecule has 5 heteroatoms. The fraction of sp³-hybridized carbons (Fsp3) is 0.333. The molecule has 0 aromatic heterocycles. The van der Waals surface area contributed by atoms with Crippen LogP contribution in [0.15, 0.2) is 18.7 Å². The summed E-state index contributed by atoms with van der Waals surface area (Å²) < 4.78 is 17.1. The van der Waals surface area contributed by atoms with Gasteiger partial charge in [-0.1, -0.05) is 18.7 Å². The second-order valence-electron chi connectivity index (χ2n) is 4.10. The van der Waals surface area contributed by atoms with E-state index in [0.29, 0.717) is 19.8 Å². The van der Waals surface area contributed by atoms with Crippen molar-refractivity contribution in [2.45, 2.75) is 6.10 Å². The summed E-state index contributed by atoms with van der Waals surface area (Å²) in [6.45, 7) is 5.32. The SMILES string of the molecule is C=Cc1ccc2c3c1[C@@H](CN)OB3OCCO2. The Morgan fingerprint density at radius 3 is 3.12 bits per heavy atom. The van der Waals surface area contributed by atoms with Crippen LogP contribution in [0.1, 0.15) is 17.2 Å². The first-order valence-corrected chi connectivity index (χ1v) is 5.74. The molecule has 2 aliphatic heterocycles. The van der Waals surface area contributed by atoms with Crippen molar-refractivity contribution < 1.29 is 14.0 Å². The third kappa shape index (κ3) is 1.58. The lowest BCUT2D eigenvalue weighted by atomic mass is 9.76. The van der Waals surface area contributed by atoms with Crippen LogP contribution in [0.5, 0.6) is 5.75 Å². The Kier molecular flexibility index (Phi) is 2.66. The Balaban J connectivity index is 2.20. The predicted octanol–water partition coefficient (Wildman–Crippen LogP) is 0.464. The maximum absolute atomic E-state index is 5.81. The highest BCUT2D eigenvalue weighted by Crippen LogP contribution is 2.32. The van der Waals surface area contributed by atoms with Crippen molar-refractivity contribution >= 4 is 18.7 Å². The highest BCUT2D eigenvalue weighted by atomic mass is 16.6. The Bertz CT molecular complexity index is 463. The molecule has 0 spiro atoms. The van der Waals surface area contributed by atoms with E-state index in [-0.39, 0.29) is 13.2 Å². The van der Waals surface area contributed by atoms with E-state index in [1.54, 1.807) is 0 Å². The van der Waals surface area contributed by atoms with Crippen molar-refractivity contribution in [1.82, 2.24) is 0 Å². The van der Waals surface area contributed by atoms with Crippen molar-refractivity contribution in [1.29, 1.82) is 0 Å². The lowest BCUT2D eigenvalue weighted by molar-refractivity contribution is 0.147. The van der Waals surface area contributed by atoms with Gasteiger partial charge in [-0.25, -0.2) is 0 Å². The van der Waals surface area contributed by atoms with Crippen LogP contribution in [-0.2, 0) is 9.31 Å². The van der Waals surface area contributed by atoms with E-state index < -0.39 is 0 Å². The number of hydrogen-bond donors (Lipinski definition) is 1. The lowest BCUT2D eigenvalue weighted by Crippen LogP contribution is -2.31. The quantitative estimate of drug-likeness (QED) is 0.751. The first kappa shape index (κ1) is 10.8. The topological polar surface area (TPSA) is 53.7 Å². The lowest BCUT2D eigenvalue weighted by Gasteiger charge is -2.14. The Labute approximate surface area is 100 Å². The average molecular weight is 231 g/mol. The molecule has 0 aliphatic carbocycles. The Morgan fingerprint density at radius 2 is 2.35 bits per heavy atom. The summed E-state index contributed by atoms with van der Waals surface area (Å²) in [4.78, 5) is 0. The fourth-order valence-electron chi connectivity index (χ4n) is 2.43. The number of hydrogen-bond acceptors (Lipinski definition) is 4. The molecule has 1 atom stereocenters. The van der Waals surface area contributed by atoms with Gasteiger partial charge in [-0.15, -0.1) is 0 Å². The summed E-state index contributed by atoms with van der Waals surface area (Å²) >= 11 is 0. The van der Waals surface area contributed by atoms with Crippen LogP contribution in [0, 0.1) is 0 Å². The highest BCUT2D eigenvalue weighted by molar-refractivity contribution is 6.64. The van der Waals surface area contributed by atoms with E-state index >= 15 is 0 Å². The van der Waals surface area contributed by atoms with Gasteiger partial charge in [0, 0.05) is 12.0 Å². The van der Waals surface area contributed by atoms with Gasteiger partial charge in [-0.3, -0.25) is 0 Å². The summed E-state index contributed by atoms with van der Waals surface area (Å²) in [5.41, 5.74) is 8.82. The van der Waals surface area contributed by atoms with E-state index in [4.69, 9.17) is 19.8 Å². The van der Waals surface area contributed by atoms with Gasteiger partial charge in [0.05, 0.1) is 12.7 Å². The fourth-order valence-corrected chi connectivity index (χ4v) is 2.43. The minimum atomic E-state index is -0.351. The van der Waals surface area contributed by atoms with Crippen LogP contribution in [0.3, 0.4) is 0 Å². The van der Waals surface area contributed by atoms with Crippen molar-refractivity contribution in [3.63, 3.8) is 0 Å². The summed E-state index contributed by atoms with van der Waals surface area (Å²) in [5.74, 6) is 0.837. The molecule has 0 saturated carbocycles. The molecule has 0 radical (unpaired) electrons. The number of nitrogens with two attached hydrogens (primary N) is 1. The number of benzene rings is 1. The summed E-state index contributed by atoms with van der Waals surface area (Å²) in [6.07, 6.45) is 1.68. The molecular weight excluding hydrogens is 217 g/mol. The molecule has 17 heavy (non-hydrogen) atoms. The summed E-state index contributed by atoms with van der Waals surface area (Å²) in [7, 11) is -0.351. The summed E-state index contributed by atoms with van der Waals surface area (Å²) in [6, 6.07) is 3.93. The van der Waals surface area contributed by atoms with Gasteiger partial charge in [0.1, 0.15) is 12.4 Å². The zero-order valence-electron chi connectivity index (χ0n) is 9.52.